The number of nitrogen functional groups attached to an aromatic ring is 1. The van der Waals surface area contributed by atoms with Crippen molar-refractivity contribution in [1.82, 2.24) is 5.32 Å². The summed E-state index contributed by atoms with van der Waals surface area (Å²) in [5.74, 6) is 0.850. The van der Waals surface area contributed by atoms with Crippen LogP contribution in [0.4, 0.5) is 11.4 Å². The fourth-order valence-corrected chi connectivity index (χ4v) is 2.13. The summed E-state index contributed by atoms with van der Waals surface area (Å²) in [7, 11) is 0. The summed E-state index contributed by atoms with van der Waals surface area (Å²) in [6.07, 6.45) is 1.90. The lowest BCUT2D eigenvalue weighted by atomic mass is 10.0. The molecule has 0 saturated carbocycles. The summed E-state index contributed by atoms with van der Waals surface area (Å²) in [5, 5.41) is 6.51. The number of hydrogen-bond donors (Lipinski definition) is 3. The van der Waals surface area contributed by atoms with Crippen LogP contribution in [0, 0.1) is 0 Å². The SMILES string of the molecule is CCc1ccc(NC2=NCCN2)c(CC)c1N. The number of anilines is 2. The molecule has 4 N–H and O–H groups in total. The van der Waals surface area contributed by atoms with E-state index in [-0.39, 0.29) is 0 Å². The van der Waals surface area contributed by atoms with E-state index >= 15 is 0 Å². The Hall–Kier alpha value is -1.71. The normalized spacial score (nSPS) is 14.4. The quantitative estimate of drug-likeness (QED) is 0.696. The molecule has 0 aromatic heterocycles. The van der Waals surface area contributed by atoms with E-state index in [0.29, 0.717) is 0 Å². The van der Waals surface area contributed by atoms with Crippen molar-refractivity contribution in [3.05, 3.63) is 23.3 Å². The molecular formula is C13H20N4. The van der Waals surface area contributed by atoms with Gasteiger partial charge in [-0.1, -0.05) is 19.9 Å². The largest absolute Gasteiger partial charge is 0.398 e. The van der Waals surface area contributed by atoms with Gasteiger partial charge in [0.2, 0.25) is 0 Å². The number of hydrogen-bond acceptors (Lipinski definition) is 4. The van der Waals surface area contributed by atoms with Gasteiger partial charge in [-0.3, -0.25) is 4.99 Å². The number of aliphatic imine (C=N–C) groups is 1. The second kappa shape index (κ2) is 5.08. The molecule has 2 rings (SSSR count). The van der Waals surface area contributed by atoms with Gasteiger partial charge in [-0.25, -0.2) is 0 Å². The van der Waals surface area contributed by atoms with E-state index in [1.54, 1.807) is 0 Å². The molecule has 0 fully saturated rings. The molecular weight excluding hydrogens is 212 g/mol. The topological polar surface area (TPSA) is 62.4 Å². The van der Waals surface area contributed by atoms with E-state index < -0.39 is 0 Å². The molecule has 1 heterocycles. The Kier molecular flexibility index (Phi) is 3.52. The van der Waals surface area contributed by atoms with Crippen LogP contribution in [-0.4, -0.2) is 19.0 Å². The average Bonchev–Trinajstić information content (AvgIpc) is 2.82. The number of rotatable bonds is 3. The Morgan fingerprint density at radius 2 is 2.18 bits per heavy atom. The van der Waals surface area contributed by atoms with Gasteiger partial charge >= 0.3 is 0 Å². The number of nitrogens with one attached hydrogen (secondary N) is 2. The van der Waals surface area contributed by atoms with Crippen molar-refractivity contribution in [1.29, 1.82) is 0 Å². The van der Waals surface area contributed by atoms with Crippen LogP contribution in [0.15, 0.2) is 17.1 Å². The predicted octanol–water partition coefficient (Wildman–Crippen LogP) is 1.76. The van der Waals surface area contributed by atoms with E-state index in [0.717, 1.165) is 43.3 Å². The molecule has 0 saturated heterocycles. The Bertz CT molecular complexity index is 437. The van der Waals surface area contributed by atoms with Gasteiger partial charge in [0, 0.05) is 17.9 Å². The minimum atomic E-state index is 0.840. The van der Waals surface area contributed by atoms with Crippen LogP contribution in [0.1, 0.15) is 25.0 Å². The first kappa shape index (κ1) is 11.8. The number of aryl methyl sites for hydroxylation is 1. The van der Waals surface area contributed by atoms with E-state index in [1.165, 1.54) is 11.1 Å². The minimum Gasteiger partial charge on any atom is -0.398 e. The summed E-state index contributed by atoms with van der Waals surface area (Å²) < 4.78 is 0. The number of guanidine groups is 1. The Morgan fingerprint density at radius 1 is 1.35 bits per heavy atom. The molecule has 1 aliphatic heterocycles. The van der Waals surface area contributed by atoms with Crippen molar-refractivity contribution in [3.8, 4) is 0 Å². The maximum Gasteiger partial charge on any atom is 0.195 e. The Morgan fingerprint density at radius 3 is 2.76 bits per heavy atom. The van der Waals surface area contributed by atoms with Crippen molar-refractivity contribution in [2.24, 2.45) is 4.99 Å². The Labute approximate surface area is 102 Å². The van der Waals surface area contributed by atoms with Gasteiger partial charge in [0.1, 0.15) is 0 Å². The fourth-order valence-electron chi connectivity index (χ4n) is 2.13. The summed E-state index contributed by atoms with van der Waals surface area (Å²) in [6, 6.07) is 4.18. The van der Waals surface area contributed by atoms with Crippen LogP contribution in [0.3, 0.4) is 0 Å². The molecule has 17 heavy (non-hydrogen) atoms. The van der Waals surface area contributed by atoms with Crippen LogP contribution in [0.5, 0.6) is 0 Å². The third-order valence-electron chi connectivity index (χ3n) is 3.11. The maximum absolute atomic E-state index is 6.18. The lowest BCUT2D eigenvalue weighted by Crippen LogP contribution is -2.26. The standard InChI is InChI=1S/C13H20N4/c1-3-9-5-6-11(10(4-2)12(9)14)17-13-15-7-8-16-13/h5-6H,3-4,7-8,14H2,1-2H3,(H2,15,16,17). The highest BCUT2D eigenvalue weighted by atomic mass is 15.2. The molecule has 0 radical (unpaired) electrons. The molecule has 0 spiro atoms. The highest BCUT2D eigenvalue weighted by Crippen LogP contribution is 2.27. The molecule has 0 bridgehead atoms. The highest BCUT2D eigenvalue weighted by molar-refractivity contribution is 5.96. The first-order valence-electron chi connectivity index (χ1n) is 6.21. The summed E-state index contributed by atoms with van der Waals surface area (Å²) in [6.45, 7) is 6.00. The molecule has 92 valence electrons. The van der Waals surface area contributed by atoms with E-state index in [4.69, 9.17) is 5.73 Å². The number of nitrogens with zero attached hydrogens (tertiary/aromatic N) is 1. The smallest absolute Gasteiger partial charge is 0.195 e. The van der Waals surface area contributed by atoms with Crippen LogP contribution in [0.2, 0.25) is 0 Å². The van der Waals surface area contributed by atoms with Gasteiger partial charge in [-0.15, -0.1) is 0 Å². The monoisotopic (exact) mass is 232 g/mol. The van der Waals surface area contributed by atoms with Gasteiger partial charge in [0.25, 0.3) is 0 Å². The fraction of sp³-hybridized carbons (Fsp3) is 0.462. The van der Waals surface area contributed by atoms with Crippen molar-refractivity contribution in [3.63, 3.8) is 0 Å². The molecule has 4 nitrogen and oxygen atoms in total. The molecule has 0 unspecified atom stereocenters. The molecule has 0 amide bonds. The zero-order valence-electron chi connectivity index (χ0n) is 10.5. The average molecular weight is 232 g/mol. The molecule has 1 aromatic rings. The first-order chi connectivity index (χ1) is 8.26. The van der Waals surface area contributed by atoms with Gasteiger partial charge in [-0.05, 0) is 30.0 Å². The van der Waals surface area contributed by atoms with Crippen molar-refractivity contribution < 1.29 is 0 Å². The molecule has 0 atom stereocenters. The highest BCUT2D eigenvalue weighted by Gasteiger charge is 2.11. The van der Waals surface area contributed by atoms with Crippen molar-refractivity contribution in [2.45, 2.75) is 26.7 Å². The maximum atomic E-state index is 6.18. The molecule has 0 aliphatic carbocycles. The molecule has 1 aliphatic rings. The minimum absolute atomic E-state index is 0.840. The summed E-state index contributed by atoms with van der Waals surface area (Å²) >= 11 is 0. The third kappa shape index (κ3) is 2.35. The second-order valence-corrected chi connectivity index (χ2v) is 4.15. The van der Waals surface area contributed by atoms with Gasteiger partial charge in [-0.2, -0.15) is 0 Å². The van der Waals surface area contributed by atoms with E-state index in [2.05, 4.69) is 41.6 Å². The van der Waals surface area contributed by atoms with Crippen molar-refractivity contribution in [2.75, 3.05) is 24.1 Å². The summed E-state index contributed by atoms with van der Waals surface area (Å²) in [4.78, 5) is 4.33. The van der Waals surface area contributed by atoms with Gasteiger partial charge in [0.05, 0.1) is 6.54 Å². The number of nitrogens with two attached hydrogens (primary N) is 1. The van der Waals surface area contributed by atoms with E-state index in [1.807, 2.05) is 0 Å². The summed E-state index contributed by atoms with van der Waals surface area (Å²) in [5.41, 5.74) is 10.6. The van der Waals surface area contributed by atoms with Crippen LogP contribution < -0.4 is 16.4 Å². The van der Waals surface area contributed by atoms with Crippen LogP contribution in [0.25, 0.3) is 0 Å². The van der Waals surface area contributed by atoms with Crippen LogP contribution in [-0.2, 0) is 12.8 Å². The van der Waals surface area contributed by atoms with Crippen LogP contribution >= 0.6 is 0 Å². The zero-order valence-corrected chi connectivity index (χ0v) is 10.5. The lowest BCUT2D eigenvalue weighted by Gasteiger charge is -2.15. The second-order valence-electron chi connectivity index (χ2n) is 4.15. The lowest BCUT2D eigenvalue weighted by molar-refractivity contribution is 0.959. The third-order valence-corrected chi connectivity index (χ3v) is 3.11. The van der Waals surface area contributed by atoms with E-state index in [9.17, 15) is 0 Å². The molecule has 1 aromatic carbocycles. The Balaban J connectivity index is 2.30. The zero-order chi connectivity index (χ0) is 12.3. The predicted molar refractivity (Wildman–Crippen MR) is 73.5 cm³/mol. The van der Waals surface area contributed by atoms with Crippen molar-refractivity contribution >= 4 is 17.3 Å². The van der Waals surface area contributed by atoms with Gasteiger partial charge < -0.3 is 16.4 Å². The van der Waals surface area contributed by atoms with Gasteiger partial charge in [0.15, 0.2) is 5.96 Å². The number of benzene rings is 1. The first-order valence-corrected chi connectivity index (χ1v) is 6.21. The molecule has 4 heteroatoms.